The molecule has 0 atom stereocenters. The van der Waals surface area contributed by atoms with Gasteiger partial charge >= 0.3 is 308 Å². The maximum atomic E-state index is 10.1. The second-order valence-corrected chi connectivity index (χ2v) is 14.8. The van der Waals surface area contributed by atoms with Crippen LogP contribution in [0.25, 0.3) is 0 Å². The maximum Gasteiger partial charge on any atom is 1.00 e. The van der Waals surface area contributed by atoms with Gasteiger partial charge in [-0.3, -0.25) is 0 Å². The molecule has 0 aromatic heterocycles. The molecule has 424 valence electrons. The molecule has 0 heterocycles. The number of hydrogen-bond acceptors (Lipinski definition) is 21. The van der Waals surface area contributed by atoms with Crippen LogP contribution >= 0.6 is 0 Å². The Morgan fingerprint density at radius 3 is 0.840 bits per heavy atom. The van der Waals surface area contributed by atoms with Crippen molar-refractivity contribution in [2.75, 3.05) is 225 Å². The van der Waals surface area contributed by atoms with Crippen molar-refractivity contribution in [1.82, 2.24) is 0 Å². The fourth-order valence-corrected chi connectivity index (χ4v) is 4.57. The third kappa shape index (κ3) is 129. The van der Waals surface area contributed by atoms with E-state index in [4.69, 9.17) is 71.1 Å². The van der Waals surface area contributed by atoms with E-state index in [2.05, 4.69) is 6.92 Å². The van der Waals surface area contributed by atoms with Gasteiger partial charge in [0, 0.05) is 66.6 Å². The smallest absolute Gasteiger partial charge is 0.853 e. The molecule has 21 nitrogen and oxygen atoms in total. The first-order chi connectivity index (χ1) is 33.6. The Kier molecular flexibility index (Phi) is 156. The van der Waals surface area contributed by atoms with Gasteiger partial charge in [0.25, 0.3) is 0 Å². The predicted octanol–water partition coefficient (Wildman–Crippen LogP) is -19.4. The molecule has 0 N–H and O–H groups in total. The van der Waals surface area contributed by atoms with Crippen LogP contribution in [0.1, 0.15) is 80.1 Å². The van der Waals surface area contributed by atoms with Crippen LogP contribution in [0.3, 0.4) is 0 Å². The standard InChI is InChI=1S/C12H23O4.C8H17O4.C8H17O3.C7H15O4.C7H15O3.C6H13O3.6K/c13-6-7-14-8-9-15-10-11-16-12-4-2-1-3-5-12;1-2-10-5-6-12-8-7-11-4-3-9;1-8(2,3)11-7-6-10-5-4-9;1-9-4-5-11-7-6-10-3-2-8;1-2-4-9-6-7-10-5-3-8;1-2-8-5-6-9-4-3-7;;;;;;/h12H,1-11H2;2-8H2,1H3;4-7H2,1-3H3;2-7H2,1H3;2-7H2,1H3;2-6H2,1H3;;;;;;/q6*-1;6*+1. The van der Waals surface area contributed by atoms with Gasteiger partial charge in [-0.15, -0.1) is 39.6 Å². The van der Waals surface area contributed by atoms with E-state index in [0.29, 0.717) is 145 Å². The van der Waals surface area contributed by atoms with Crippen LogP contribution in [0.5, 0.6) is 0 Å². The van der Waals surface area contributed by atoms with Crippen LogP contribution in [0.4, 0.5) is 0 Å². The number of ether oxygens (including phenoxy) is 15. The molecule has 75 heavy (non-hydrogen) atoms. The van der Waals surface area contributed by atoms with Gasteiger partial charge in [-0.1, -0.05) is 26.2 Å². The summed E-state index contributed by atoms with van der Waals surface area (Å²) in [4.78, 5) is 0. The molecule has 1 saturated carbocycles. The zero-order valence-corrected chi connectivity index (χ0v) is 69.0. The molecule has 0 unspecified atom stereocenters. The van der Waals surface area contributed by atoms with Crippen molar-refractivity contribution < 1.29 is 410 Å². The first-order valence-electron chi connectivity index (χ1n) is 24.8. The fraction of sp³-hybridized carbons (Fsp3) is 1.00. The second kappa shape index (κ2) is 108. The van der Waals surface area contributed by atoms with E-state index in [1.54, 1.807) is 7.11 Å². The van der Waals surface area contributed by atoms with Crippen molar-refractivity contribution in [2.45, 2.75) is 91.8 Å². The van der Waals surface area contributed by atoms with Crippen molar-refractivity contribution in [1.29, 1.82) is 0 Å². The molecule has 0 saturated heterocycles. The summed E-state index contributed by atoms with van der Waals surface area (Å²) in [5.41, 5.74) is -0.110. The molecule has 0 radical (unpaired) electrons. The molecule has 0 bridgehead atoms. The summed E-state index contributed by atoms with van der Waals surface area (Å²) in [5, 5.41) is 59.4. The van der Waals surface area contributed by atoms with E-state index < -0.39 is 0 Å². The van der Waals surface area contributed by atoms with Crippen LogP contribution < -0.4 is 339 Å². The molecule has 0 amide bonds. The zero-order valence-electron chi connectivity index (χ0n) is 50.2. The van der Waals surface area contributed by atoms with Crippen LogP contribution in [0, 0.1) is 0 Å². The van der Waals surface area contributed by atoms with Gasteiger partial charge in [-0.25, -0.2) is 0 Å². The zero-order chi connectivity index (χ0) is 52.3. The van der Waals surface area contributed by atoms with Crippen LogP contribution in [0.15, 0.2) is 0 Å². The summed E-state index contributed by atoms with van der Waals surface area (Å²) < 4.78 is 75.9. The molecule has 0 aliphatic heterocycles. The Bertz CT molecular complexity index is 797. The molecule has 27 heteroatoms. The number of hydrogen-bond donors (Lipinski definition) is 0. The Morgan fingerprint density at radius 1 is 0.320 bits per heavy atom. The van der Waals surface area contributed by atoms with E-state index in [1.807, 2.05) is 34.6 Å². The van der Waals surface area contributed by atoms with Crippen molar-refractivity contribution in [3.8, 4) is 0 Å². The maximum absolute atomic E-state index is 10.1. The fourth-order valence-electron chi connectivity index (χ4n) is 4.57. The van der Waals surface area contributed by atoms with E-state index in [0.717, 1.165) is 19.6 Å². The van der Waals surface area contributed by atoms with Crippen molar-refractivity contribution in [3.63, 3.8) is 0 Å². The summed E-state index contributed by atoms with van der Waals surface area (Å²) in [6.07, 6.45) is 7.84. The summed E-state index contributed by atoms with van der Waals surface area (Å²) in [7, 11) is 1.62. The largest absolute Gasteiger partial charge is 1.00 e. The molecule has 1 fully saturated rings. The van der Waals surface area contributed by atoms with E-state index >= 15 is 0 Å². The molecule has 1 rings (SSSR count). The third-order valence-corrected chi connectivity index (χ3v) is 7.68. The Balaban J connectivity index is -0.0000000724. The summed E-state index contributed by atoms with van der Waals surface area (Å²) >= 11 is 0. The van der Waals surface area contributed by atoms with Crippen LogP contribution in [0.2, 0.25) is 0 Å². The van der Waals surface area contributed by atoms with Crippen molar-refractivity contribution >= 4 is 0 Å². The number of rotatable bonds is 44. The minimum atomic E-state index is -0.182. The van der Waals surface area contributed by atoms with Crippen molar-refractivity contribution in [3.05, 3.63) is 0 Å². The quantitative estimate of drug-likeness (QED) is 0.0405. The topological polar surface area (TPSA) is 277 Å². The molecule has 0 aromatic rings. The van der Waals surface area contributed by atoms with Crippen LogP contribution in [-0.2, 0) is 71.1 Å². The number of methoxy groups -OCH3 is 1. The first-order valence-corrected chi connectivity index (χ1v) is 24.8. The average molecular weight is 1250 g/mol. The van der Waals surface area contributed by atoms with E-state index in [1.165, 1.54) is 32.1 Å². The Labute approximate surface area is 711 Å². The van der Waals surface area contributed by atoms with Gasteiger partial charge in [0.2, 0.25) is 0 Å². The molecule has 1 aliphatic rings. The molecule has 0 spiro atoms. The van der Waals surface area contributed by atoms with Gasteiger partial charge < -0.3 is 102 Å². The van der Waals surface area contributed by atoms with Crippen LogP contribution in [-0.4, -0.2) is 237 Å². The molecule has 1 aliphatic carbocycles. The molecular weight excluding hydrogens is 1150 g/mol. The molecule has 0 aromatic carbocycles. The second-order valence-electron chi connectivity index (χ2n) is 14.8. The first kappa shape index (κ1) is 109. The Morgan fingerprint density at radius 2 is 0.573 bits per heavy atom. The Hall–Kier alpha value is 8.98. The average Bonchev–Trinajstić information content (AvgIpc) is 3.35. The summed E-state index contributed by atoms with van der Waals surface area (Å²) in [6.45, 7) is 24.9. The summed E-state index contributed by atoms with van der Waals surface area (Å²) in [6, 6.07) is 0. The third-order valence-electron chi connectivity index (χ3n) is 7.68. The van der Waals surface area contributed by atoms with Crippen molar-refractivity contribution in [2.24, 2.45) is 0 Å². The van der Waals surface area contributed by atoms with E-state index in [9.17, 15) is 30.6 Å². The van der Waals surface area contributed by atoms with Gasteiger partial charge in [0.05, 0.1) is 131 Å². The van der Waals surface area contributed by atoms with E-state index in [-0.39, 0.29) is 380 Å². The van der Waals surface area contributed by atoms with Gasteiger partial charge in [0.1, 0.15) is 0 Å². The SMILES string of the molecule is CC(C)(C)OCCOCC[O-].CCCOCCOCC[O-].CCOCCOCCOCC[O-].CCOCCOCC[O-].COCCOCCOCC[O-].[K+].[K+].[K+].[K+].[K+].[K+].[O-]CCOCCOCCOC1CCCCC1. The monoisotopic (exact) mass is 1250 g/mol. The van der Waals surface area contributed by atoms with Gasteiger partial charge in [-0.2, -0.15) is 0 Å². The van der Waals surface area contributed by atoms with Gasteiger partial charge in [-0.05, 0) is 53.9 Å². The predicted molar refractivity (Wildman–Crippen MR) is 251 cm³/mol. The normalized spacial score (nSPS) is 11.3. The summed E-state index contributed by atoms with van der Waals surface area (Å²) in [5.74, 6) is 0. The minimum absolute atomic E-state index is 0. The van der Waals surface area contributed by atoms with Gasteiger partial charge in [0.15, 0.2) is 0 Å². The minimum Gasteiger partial charge on any atom is -0.853 e. The molecular formula is C48H100K6O21.